The van der Waals surface area contributed by atoms with Crippen LogP contribution in [-0.2, 0) is 6.54 Å². The topological polar surface area (TPSA) is 77.0 Å². The van der Waals surface area contributed by atoms with Crippen LogP contribution in [0.3, 0.4) is 0 Å². The third-order valence-corrected chi connectivity index (χ3v) is 6.50. The Balaban J connectivity index is 1.42. The molecule has 1 aliphatic rings. The molecule has 0 radical (unpaired) electrons. The van der Waals surface area contributed by atoms with E-state index in [0.29, 0.717) is 36.5 Å². The molecule has 3 aromatic rings. The Morgan fingerprint density at radius 2 is 1.94 bits per heavy atom. The van der Waals surface area contributed by atoms with E-state index in [1.807, 2.05) is 32.0 Å². The van der Waals surface area contributed by atoms with Gasteiger partial charge in [-0.05, 0) is 61.4 Å². The largest absolute Gasteiger partial charge is 0.465 e. The molecule has 1 aromatic heterocycles. The fraction of sp³-hybridized carbons (Fsp3) is 0.296. The Labute approximate surface area is 204 Å². The third-order valence-electron chi connectivity index (χ3n) is 6.50. The molecule has 2 amide bonds. The van der Waals surface area contributed by atoms with Crippen LogP contribution in [0.25, 0.3) is 11.3 Å². The lowest BCUT2D eigenvalue weighted by Crippen LogP contribution is -2.53. The van der Waals surface area contributed by atoms with E-state index < -0.39 is 6.09 Å². The van der Waals surface area contributed by atoms with Crippen LogP contribution >= 0.6 is 0 Å². The predicted octanol–water partition coefficient (Wildman–Crippen LogP) is 4.66. The van der Waals surface area contributed by atoms with Crippen LogP contribution in [0.2, 0.25) is 0 Å². The van der Waals surface area contributed by atoms with Crippen molar-refractivity contribution in [1.29, 1.82) is 0 Å². The van der Waals surface area contributed by atoms with E-state index in [0.717, 1.165) is 23.4 Å². The van der Waals surface area contributed by atoms with Crippen molar-refractivity contribution < 1.29 is 19.1 Å². The van der Waals surface area contributed by atoms with Crippen LogP contribution in [0.4, 0.5) is 14.9 Å². The van der Waals surface area contributed by atoms with Crippen molar-refractivity contribution in [1.82, 2.24) is 14.8 Å². The number of nitrogens with zero attached hydrogens (tertiary/aromatic N) is 4. The van der Waals surface area contributed by atoms with Crippen molar-refractivity contribution in [2.45, 2.75) is 26.4 Å². The number of carboxylic acid groups (broad SMARTS) is 1. The second kappa shape index (κ2) is 10.2. The van der Waals surface area contributed by atoms with E-state index in [4.69, 9.17) is 0 Å². The van der Waals surface area contributed by atoms with E-state index in [-0.39, 0.29) is 17.8 Å². The van der Waals surface area contributed by atoms with Gasteiger partial charge in [0.05, 0.1) is 11.3 Å². The predicted molar refractivity (Wildman–Crippen MR) is 133 cm³/mol. The summed E-state index contributed by atoms with van der Waals surface area (Å²) in [7, 11) is 1.73. The normalized spacial score (nSPS) is 16.2. The van der Waals surface area contributed by atoms with Gasteiger partial charge in [0.15, 0.2) is 0 Å². The highest BCUT2D eigenvalue weighted by atomic mass is 19.1. The highest BCUT2D eigenvalue weighted by Crippen LogP contribution is 2.23. The number of carbonyl (C=O) groups is 2. The first-order valence-electron chi connectivity index (χ1n) is 11.5. The summed E-state index contributed by atoms with van der Waals surface area (Å²) in [4.78, 5) is 34.0. The summed E-state index contributed by atoms with van der Waals surface area (Å²) in [5.74, 6) is -0.519. The molecule has 0 bridgehead atoms. The third kappa shape index (κ3) is 5.49. The molecular weight excluding hydrogens is 447 g/mol. The van der Waals surface area contributed by atoms with Gasteiger partial charge in [0.2, 0.25) is 0 Å². The van der Waals surface area contributed by atoms with Crippen LogP contribution in [0.5, 0.6) is 0 Å². The number of aromatic nitrogens is 1. The summed E-state index contributed by atoms with van der Waals surface area (Å²) in [6.45, 7) is 6.54. The van der Waals surface area contributed by atoms with Crippen molar-refractivity contribution in [2.24, 2.45) is 0 Å². The molecule has 2 heterocycles. The number of pyridine rings is 1. The number of halogens is 1. The minimum absolute atomic E-state index is 0.0505. The minimum atomic E-state index is -0.871. The Kier molecular flexibility index (Phi) is 7.12. The molecule has 1 N–H and O–H groups in total. The molecule has 0 aliphatic carbocycles. The van der Waals surface area contributed by atoms with Gasteiger partial charge in [-0.1, -0.05) is 18.2 Å². The van der Waals surface area contributed by atoms with Crippen molar-refractivity contribution in [2.75, 3.05) is 31.6 Å². The lowest BCUT2D eigenvalue weighted by Gasteiger charge is -2.38. The molecule has 1 fully saturated rings. The maximum Gasteiger partial charge on any atom is 0.407 e. The maximum absolute atomic E-state index is 13.5. The quantitative estimate of drug-likeness (QED) is 0.580. The molecule has 0 unspecified atom stereocenters. The van der Waals surface area contributed by atoms with Crippen molar-refractivity contribution >= 4 is 17.7 Å². The van der Waals surface area contributed by atoms with Crippen molar-refractivity contribution in [3.63, 3.8) is 0 Å². The van der Waals surface area contributed by atoms with E-state index in [9.17, 15) is 19.1 Å². The summed E-state index contributed by atoms with van der Waals surface area (Å²) < 4.78 is 13.5. The summed E-state index contributed by atoms with van der Waals surface area (Å²) in [6, 6.07) is 15.5. The molecule has 182 valence electrons. The van der Waals surface area contributed by atoms with Crippen LogP contribution < -0.4 is 4.90 Å². The number of piperazine rings is 1. The number of amides is 2. The molecule has 0 saturated carbocycles. The number of hydrogen-bond donors (Lipinski definition) is 1. The van der Waals surface area contributed by atoms with Crippen LogP contribution in [0, 0.1) is 12.7 Å². The van der Waals surface area contributed by atoms with E-state index in [2.05, 4.69) is 9.88 Å². The first-order valence-corrected chi connectivity index (χ1v) is 11.5. The van der Waals surface area contributed by atoms with Crippen molar-refractivity contribution in [3.05, 3.63) is 83.3 Å². The summed E-state index contributed by atoms with van der Waals surface area (Å²) in [5, 5.41) is 9.27. The smallest absolute Gasteiger partial charge is 0.407 e. The number of aryl methyl sites for hydroxylation is 1. The van der Waals surface area contributed by atoms with Gasteiger partial charge in [-0.15, -0.1) is 0 Å². The number of anilines is 1. The molecule has 0 spiro atoms. The van der Waals surface area contributed by atoms with Crippen LogP contribution in [0.15, 0.2) is 60.8 Å². The molecular formula is C27H29FN4O3. The molecule has 35 heavy (non-hydrogen) atoms. The van der Waals surface area contributed by atoms with E-state index in [1.165, 1.54) is 23.2 Å². The number of rotatable bonds is 5. The SMILES string of the molecule is Cc1cc(N(C)C(=O)c2ccc(-c3cccc(F)c3)nc2)ccc1CN1CCN(C(=O)O)[C@@H](C)C1. The zero-order chi connectivity index (χ0) is 25.1. The molecule has 1 aliphatic heterocycles. The van der Waals surface area contributed by atoms with Gasteiger partial charge in [-0.3, -0.25) is 14.7 Å². The van der Waals surface area contributed by atoms with E-state index >= 15 is 0 Å². The Morgan fingerprint density at radius 3 is 2.57 bits per heavy atom. The highest BCUT2D eigenvalue weighted by Gasteiger charge is 2.27. The first-order chi connectivity index (χ1) is 16.7. The zero-order valence-corrected chi connectivity index (χ0v) is 20.1. The van der Waals surface area contributed by atoms with Crippen molar-refractivity contribution in [3.8, 4) is 11.3 Å². The summed E-state index contributed by atoms with van der Waals surface area (Å²) >= 11 is 0. The second-order valence-corrected chi connectivity index (χ2v) is 8.98. The Hall–Kier alpha value is -3.78. The van der Waals surface area contributed by atoms with E-state index in [1.54, 1.807) is 36.2 Å². The summed E-state index contributed by atoms with van der Waals surface area (Å²) in [6.07, 6.45) is 0.641. The van der Waals surface area contributed by atoms with Gasteiger partial charge < -0.3 is 14.9 Å². The number of hydrogen-bond acceptors (Lipinski definition) is 4. The van der Waals surface area contributed by atoms with Gasteiger partial charge in [-0.25, -0.2) is 9.18 Å². The molecule has 1 atom stereocenters. The maximum atomic E-state index is 13.5. The number of carbonyl (C=O) groups excluding carboxylic acids is 1. The van der Waals surface area contributed by atoms with Gasteiger partial charge >= 0.3 is 6.09 Å². The molecule has 8 heteroatoms. The molecule has 1 saturated heterocycles. The van der Waals surface area contributed by atoms with Gasteiger partial charge in [0.25, 0.3) is 5.91 Å². The standard InChI is InChI=1S/C27H29FN4O3/c1-18-13-24(9-7-22(18)17-31-11-12-32(27(34)35)19(2)16-31)30(3)26(33)21-8-10-25(29-15-21)20-5-4-6-23(28)14-20/h4-10,13-15,19H,11-12,16-17H2,1-3H3,(H,34,35)/t19-/m0/s1. The van der Waals surface area contributed by atoms with Crippen LogP contribution in [0.1, 0.15) is 28.4 Å². The minimum Gasteiger partial charge on any atom is -0.465 e. The molecule has 7 nitrogen and oxygen atoms in total. The first kappa shape index (κ1) is 24.3. The van der Waals surface area contributed by atoms with Gasteiger partial charge in [0.1, 0.15) is 5.82 Å². The Morgan fingerprint density at radius 1 is 1.14 bits per heavy atom. The number of benzene rings is 2. The lowest BCUT2D eigenvalue weighted by atomic mass is 10.1. The second-order valence-electron chi connectivity index (χ2n) is 8.98. The average molecular weight is 477 g/mol. The fourth-order valence-electron chi connectivity index (χ4n) is 4.42. The Bertz CT molecular complexity index is 1230. The molecule has 4 rings (SSSR count). The lowest BCUT2D eigenvalue weighted by molar-refractivity contribution is 0.0710. The summed E-state index contributed by atoms with van der Waals surface area (Å²) in [5.41, 5.74) is 4.68. The van der Waals surface area contributed by atoms with Crippen LogP contribution in [-0.4, -0.2) is 64.6 Å². The monoisotopic (exact) mass is 476 g/mol. The average Bonchev–Trinajstić information content (AvgIpc) is 2.84. The zero-order valence-electron chi connectivity index (χ0n) is 20.1. The fourth-order valence-corrected chi connectivity index (χ4v) is 4.42. The van der Waals surface area contributed by atoms with Gasteiger partial charge in [-0.2, -0.15) is 0 Å². The molecule has 2 aromatic carbocycles. The highest BCUT2D eigenvalue weighted by molar-refractivity contribution is 6.05. The van der Waals surface area contributed by atoms with Gasteiger partial charge in [0, 0.05) is 56.7 Å².